The molecule has 2 aliphatic rings. The van der Waals surface area contributed by atoms with Crippen molar-refractivity contribution in [1.82, 2.24) is 10.2 Å². The zero-order valence-corrected chi connectivity index (χ0v) is 14.6. The molecule has 1 atom stereocenters. The molecule has 0 aromatic heterocycles. The molecular weight excluding hydrogens is 264 g/mol. The first kappa shape index (κ1) is 16.6. The van der Waals surface area contributed by atoms with Gasteiger partial charge in [-0.05, 0) is 30.9 Å². The summed E-state index contributed by atoms with van der Waals surface area (Å²) in [4.78, 5) is 2.82. The number of hydrogen-bond acceptors (Lipinski definition) is 3. The molecule has 1 spiro atoms. The van der Waals surface area contributed by atoms with E-state index in [4.69, 9.17) is 0 Å². The molecule has 3 heteroatoms. The van der Waals surface area contributed by atoms with Crippen molar-refractivity contribution in [1.29, 1.82) is 0 Å². The van der Waals surface area contributed by atoms with Crippen LogP contribution in [0.3, 0.4) is 0 Å². The standard InChI is InChI=1S/C17H34N2S/c1-4-20-11-10-19-14-17(8-6-5-7-9-17)18-13-16(19)12-15(2)3/h15-16,18H,4-14H2,1-3H3. The molecule has 1 N–H and O–H groups in total. The smallest absolute Gasteiger partial charge is 0.0309 e. The van der Waals surface area contributed by atoms with Gasteiger partial charge in [0.05, 0.1) is 0 Å². The van der Waals surface area contributed by atoms with Crippen LogP contribution in [0.1, 0.15) is 59.3 Å². The predicted molar refractivity (Wildman–Crippen MR) is 91.6 cm³/mol. The second-order valence-corrected chi connectivity index (χ2v) is 8.57. The third kappa shape index (κ3) is 4.64. The highest BCUT2D eigenvalue weighted by molar-refractivity contribution is 7.99. The molecule has 0 aromatic carbocycles. The molecule has 1 saturated heterocycles. The second-order valence-electron chi connectivity index (χ2n) is 7.17. The summed E-state index contributed by atoms with van der Waals surface area (Å²) in [5.74, 6) is 3.37. The van der Waals surface area contributed by atoms with Crippen molar-refractivity contribution in [3.05, 3.63) is 0 Å². The summed E-state index contributed by atoms with van der Waals surface area (Å²) in [5.41, 5.74) is 0.461. The van der Waals surface area contributed by atoms with Crippen molar-refractivity contribution in [2.75, 3.05) is 31.1 Å². The van der Waals surface area contributed by atoms with Gasteiger partial charge < -0.3 is 5.32 Å². The zero-order valence-electron chi connectivity index (χ0n) is 13.8. The first-order chi connectivity index (χ1) is 9.65. The minimum absolute atomic E-state index is 0.461. The van der Waals surface area contributed by atoms with Crippen LogP contribution >= 0.6 is 11.8 Å². The van der Waals surface area contributed by atoms with Crippen LogP contribution in [0.2, 0.25) is 0 Å². The summed E-state index contributed by atoms with van der Waals surface area (Å²) in [7, 11) is 0. The van der Waals surface area contributed by atoms with Crippen LogP contribution in [0.25, 0.3) is 0 Å². The Kier molecular flexibility index (Phi) is 6.70. The Balaban J connectivity index is 1.94. The molecule has 20 heavy (non-hydrogen) atoms. The van der Waals surface area contributed by atoms with Crippen molar-refractivity contribution in [2.24, 2.45) is 5.92 Å². The minimum Gasteiger partial charge on any atom is -0.308 e. The van der Waals surface area contributed by atoms with E-state index in [0.29, 0.717) is 5.54 Å². The van der Waals surface area contributed by atoms with E-state index in [1.165, 1.54) is 69.7 Å². The summed E-state index contributed by atoms with van der Waals surface area (Å²) in [6.45, 7) is 10.8. The Labute approximate surface area is 130 Å². The molecule has 1 unspecified atom stereocenters. The van der Waals surface area contributed by atoms with Gasteiger partial charge in [-0.2, -0.15) is 11.8 Å². The highest BCUT2D eigenvalue weighted by Crippen LogP contribution is 2.32. The van der Waals surface area contributed by atoms with Crippen LogP contribution < -0.4 is 5.32 Å². The molecule has 1 aliphatic carbocycles. The third-order valence-corrected chi connectivity index (χ3v) is 5.90. The van der Waals surface area contributed by atoms with Gasteiger partial charge in [-0.3, -0.25) is 4.90 Å². The fraction of sp³-hybridized carbons (Fsp3) is 1.00. The molecule has 2 rings (SSSR count). The first-order valence-corrected chi connectivity index (χ1v) is 9.87. The topological polar surface area (TPSA) is 15.3 Å². The summed E-state index contributed by atoms with van der Waals surface area (Å²) >= 11 is 2.10. The summed E-state index contributed by atoms with van der Waals surface area (Å²) in [6.07, 6.45) is 8.46. The quantitative estimate of drug-likeness (QED) is 0.752. The molecule has 1 aliphatic heterocycles. The van der Waals surface area contributed by atoms with E-state index in [1.807, 2.05) is 0 Å². The Hall–Kier alpha value is 0.270. The van der Waals surface area contributed by atoms with Crippen LogP contribution in [-0.2, 0) is 0 Å². The van der Waals surface area contributed by atoms with E-state index in [0.717, 1.165) is 12.0 Å². The number of piperazine rings is 1. The van der Waals surface area contributed by atoms with Crippen molar-refractivity contribution in [2.45, 2.75) is 70.9 Å². The van der Waals surface area contributed by atoms with Gasteiger partial charge in [-0.1, -0.05) is 40.0 Å². The molecule has 0 amide bonds. The van der Waals surface area contributed by atoms with E-state index < -0.39 is 0 Å². The fourth-order valence-electron chi connectivity index (χ4n) is 3.96. The maximum atomic E-state index is 3.96. The van der Waals surface area contributed by atoms with Crippen LogP contribution in [-0.4, -0.2) is 47.6 Å². The zero-order chi connectivity index (χ0) is 14.4. The number of rotatable bonds is 6. The molecular formula is C17H34N2S. The van der Waals surface area contributed by atoms with Crippen LogP contribution in [0.4, 0.5) is 0 Å². The average molecular weight is 299 g/mol. The Morgan fingerprint density at radius 1 is 1.25 bits per heavy atom. The SMILES string of the molecule is CCSCCN1CC2(CCCCC2)NCC1CC(C)C. The number of hydrogen-bond donors (Lipinski definition) is 1. The Bertz CT molecular complexity index is 274. The maximum Gasteiger partial charge on any atom is 0.0309 e. The van der Waals surface area contributed by atoms with Crippen molar-refractivity contribution in [3.8, 4) is 0 Å². The van der Waals surface area contributed by atoms with E-state index in [9.17, 15) is 0 Å². The van der Waals surface area contributed by atoms with Crippen LogP contribution in [0, 0.1) is 5.92 Å². The molecule has 2 nitrogen and oxygen atoms in total. The van der Waals surface area contributed by atoms with E-state index in [1.54, 1.807) is 0 Å². The average Bonchev–Trinajstić information content (AvgIpc) is 2.43. The van der Waals surface area contributed by atoms with Crippen molar-refractivity contribution in [3.63, 3.8) is 0 Å². The molecule has 1 saturated carbocycles. The Morgan fingerprint density at radius 3 is 2.65 bits per heavy atom. The van der Waals surface area contributed by atoms with Gasteiger partial charge in [0.15, 0.2) is 0 Å². The second kappa shape index (κ2) is 8.05. The van der Waals surface area contributed by atoms with Gasteiger partial charge >= 0.3 is 0 Å². The molecule has 1 heterocycles. The monoisotopic (exact) mass is 298 g/mol. The highest BCUT2D eigenvalue weighted by Gasteiger charge is 2.39. The molecule has 0 radical (unpaired) electrons. The van der Waals surface area contributed by atoms with Gasteiger partial charge in [0.2, 0.25) is 0 Å². The first-order valence-electron chi connectivity index (χ1n) is 8.72. The van der Waals surface area contributed by atoms with E-state index >= 15 is 0 Å². The third-order valence-electron chi connectivity index (χ3n) is 5.02. The highest BCUT2D eigenvalue weighted by atomic mass is 32.2. The van der Waals surface area contributed by atoms with Gasteiger partial charge in [-0.15, -0.1) is 0 Å². The molecule has 0 aromatic rings. The van der Waals surface area contributed by atoms with Gasteiger partial charge in [0.1, 0.15) is 0 Å². The summed E-state index contributed by atoms with van der Waals surface area (Å²) in [6, 6.07) is 0.764. The lowest BCUT2D eigenvalue weighted by molar-refractivity contribution is 0.0518. The lowest BCUT2D eigenvalue weighted by atomic mass is 9.79. The minimum atomic E-state index is 0.461. The maximum absolute atomic E-state index is 3.96. The largest absolute Gasteiger partial charge is 0.308 e. The van der Waals surface area contributed by atoms with Gasteiger partial charge in [0.25, 0.3) is 0 Å². The normalized spacial score (nSPS) is 27.3. The molecule has 0 bridgehead atoms. The number of nitrogens with one attached hydrogen (secondary N) is 1. The Morgan fingerprint density at radius 2 is 2.00 bits per heavy atom. The molecule has 2 fully saturated rings. The summed E-state index contributed by atoms with van der Waals surface area (Å²) in [5, 5.41) is 3.96. The van der Waals surface area contributed by atoms with Gasteiger partial charge in [-0.25, -0.2) is 0 Å². The fourth-order valence-corrected chi connectivity index (χ4v) is 4.62. The lowest BCUT2D eigenvalue weighted by Crippen LogP contribution is -2.65. The van der Waals surface area contributed by atoms with Gasteiger partial charge in [0, 0.05) is 37.0 Å². The van der Waals surface area contributed by atoms with Crippen molar-refractivity contribution < 1.29 is 0 Å². The van der Waals surface area contributed by atoms with E-state index in [2.05, 4.69) is 42.7 Å². The van der Waals surface area contributed by atoms with E-state index in [-0.39, 0.29) is 0 Å². The van der Waals surface area contributed by atoms with Crippen LogP contribution in [0.5, 0.6) is 0 Å². The lowest BCUT2D eigenvalue weighted by Gasteiger charge is -2.50. The molecule has 118 valence electrons. The van der Waals surface area contributed by atoms with Crippen molar-refractivity contribution >= 4 is 11.8 Å². The predicted octanol–water partition coefficient (Wildman–Crippen LogP) is 3.76. The number of thioether (sulfide) groups is 1. The van der Waals surface area contributed by atoms with Crippen LogP contribution in [0.15, 0.2) is 0 Å². The number of nitrogens with zero attached hydrogens (tertiary/aromatic N) is 1. The summed E-state index contributed by atoms with van der Waals surface area (Å²) < 4.78 is 0.